The van der Waals surface area contributed by atoms with E-state index in [1.165, 1.54) is 12.1 Å². The van der Waals surface area contributed by atoms with Gasteiger partial charge in [-0.05, 0) is 36.2 Å². The number of halogens is 3. The van der Waals surface area contributed by atoms with Crippen LogP contribution < -0.4 is 0 Å². The predicted octanol–water partition coefficient (Wildman–Crippen LogP) is 4.01. The van der Waals surface area contributed by atoms with Gasteiger partial charge in [0.2, 0.25) is 0 Å². The Hall–Kier alpha value is -3.42. The second kappa shape index (κ2) is 5.54. The van der Waals surface area contributed by atoms with E-state index < -0.39 is 29.5 Å². The molecule has 1 atom stereocenters. The number of hydrogen-bond donors (Lipinski definition) is 0. The van der Waals surface area contributed by atoms with Crippen molar-refractivity contribution in [3.63, 3.8) is 0 Å². The Kier molecular flexibility index (Phi) is 3.56. The van der Waals surface area contributed by atoms with Gasteiger partial charge in [0.25, 0.3) is 0 Å². The lowest BCUT2D eigenvalue weighted by atomic mass is 9.74. The van der Waals surface area contributed by atoms with Gasteiger partial charge in [-0.2, -0.15) is 13.2 Å². The van der Waals surface area contributed by atoms with Crippen LogP contribution in [0.5, 0.6) is 0 Å². The highest BCUT2D eigenvalue weighted by atomic mass is 19.4. The third-order valence-corrected chi connectivity index (χ3v) is 5.12. The largest absolute Gasteiger partial charge is 0.423 e. The monoisotopic (exact) mass is 388 g/mol. The summed E-state index contributed by atoms with van der Waals surface area (Å²) in [6, 6.07) is 6.94. The van der Waals surface area contributed by atoms with E-state index in [2.05, 4.69) is 11.3 Å². The molecule has 0 bridgehead atoms. The Labute approximate surface area is 156 Å². The van der Waals surface area contributed by atoms with E-state index in [0.717, 1.165) is 31.2 Å². The molecule has 142 valence electrons. The number of fused-ring (bicyclic) bond motifs is 2. The molecule has 8 heteroatoms. The topological polar surface area (TPSA) is 69.7 Å². The quantitative estimate of drug-likeness (QED) is 0.574. The first kappa shape index (κ1) is 18.0. The van der Waals surface area contributed by atoms with Gasteiger partial charge in [-0.3, -0.25) is 0 Å². The van der Waals surface area contributed by atoms with Crippen molar-refractivity contribution in [2.24, 2.45) is 0 Å². The molecule has 2 heterocycles. The van der Waals surface area contributed by atoms with Crippen molar-refractivity contribution in [2.45, 2.75) is 18.5 Å². The van der Waals surface area contributed by atoms with Gasteiger partial charge in [-0.15, -0.1) is 0 Å². The van der Waals surface area contributed by atoms with Gasteiger partial charge < -0.3 is 9.47 Å². The molecule has 4 rings (SSSR count). The number of esters is 3. The summed E-state index contributed by atoms with van der Waals surface area (Å²) in [5.41, 5.74) is -3.07. The summed E-state index contributed by atoms with van der Waals surface area (Å²) in [4.78, 5) is 35.3. The molecule has 0 aliphatic carbocycles. The van der Waals surface area contributed by atoms with Crippen molar-refractivity contribution < 1.29 is 37.0 Å². The zero-order valence-electron chi connectivity index (χ0n) is 14.3. The van der Waals surface area contributed by atoms with E-state index in [9.17, 15) is 27.6 Å². The second-order valence-electron chi connectivity index (χ2n) is 6.63. The molecule has 0 saturated heterocycles. The molecule has 2 aromatic rings. The zero-order chi connectivity index (χ0) is 20.4. The lowest BCUT2D eigenvalue weighted by Crippen LogP contribution is -2.41. The molecule has 0 radical (unpaired) electrons. The highest BCUT2D eigenvalue weighted by Gasteiger charge is 2.54. The highest BCUT2D eigenvalue weighted by molar-refractivity contribution is 6.14. The van der Waals surface area contributed by atoms with Crippen LogP contribution in [-0.2, 0) is 14.9 Å². The maximum absolute atomic E-state index is 14.2. The number of cyclic esters (lactones) is 3. The van der Waals surface area contributed by atoms with Crippen molar-refractivity contribution >= 4 is 23.7 Å². The van der Waals surface area contributed by atoms with Crippen molar-refractivity contribution in [3.8, 4) is 0 Å². The zero-order valence-corrected chi connectivity index (χ0v) is 14.3. The number of ether oxygens (including phenoxy) is 2. The predicted molar refractivity (Wildman–Crippen MR) is 89.6 cm³/mol. The molecule has 2 aliphatic rings. The molecule has 0 fully saturated rings. The first-order valence-electron chi connectivity index (χ1n) is 8.08. The maximum Gasteiger partial charge on any atom is 0.402 e. The average Bonchev–Trinajstić information content (AvgIpc) is 3.08. The molecule has 5 nitrogen and oxygen atoms in total. The molecule has 2 aromatic carbocycles. The van der Waals surface area contributed by atoms with Gasteiger partial charge in [0.15, 0.2) is 0 Å². The van der Waals surface area contributed by atoms with Gasteiger partial charge in [0, 0.05) is 5.56 Å². The van der Waals surface area contributed by atoms with Crippen LogP contribution in [0.2, 0.25) is 0 Å². The third-order valence-electron chi connectivity index (χ3n) is 5.12. The number of carbonyl (C=O) groups excluding carboxylic acids is 3. The normalized spacial score (nSPS) is 17.7. The molecule has 0 aromatic heterocycles. The molecule has 2 aliphatic heterocycles. The SMILES string of the molecule is C=C1OC(=O)c2cc(C(C)(c3ccc4c(c3)C(=O)OC4=O)C(F)(F)F)ccc21. The summed E-state index contributed by atoms with van der Waals surface area (Å²) >= 11 is 0. The Bertz CT molecular complexity index is 1020. The van der Waals surface area contributed by atoms with Crippen molar-refractivity contribution in [3.05, 3.63) is 76.4 Å². The third kappa shape index (κ3) is 2.30. The number of benzene rings is 2. The van der Waals surface area contributed by atoms with E-state index >= 15 is 0 Å². The van der Waals surface area contributed by atoms with Gasteiger partial charge in [-0.25, -0.2) is 14.4 Å². The summed E-state index contributed by atoms with van der Waals surface area (Å²) in [5.74, 6) is -2.62. The van der Waals surface area contributed by atoms with Crippen LogP contribution in [0.3, 0.4) is 0 Å². The van der Waals surface area contributed by atoms with Crippen molar-refractivity contribution in [1.82, 2.24) is 0 Å². The second-order valence-corrected chi connectivity index (χ2v) is 6.63. The van der Waals surface area contributed by atoms with Crippen LogP contribution >= 0.6 is 0 Å². The minimum Gasteiger partial charge on any atom is -0.423 e. The van der Waals surface area contributed by atoms with E-state index in [-0.39, 0.29) is 33.6 Å². The van der Waals surface area contributed by atoms with Crippen LogP contribution in [0.1, 0.15) is 54.7 Å². The maximum atomic E-state index is 14.2. The molecular formula is C20H11F3O5. The van der Waals surface area contributed by atoms with Crippen LogP contribution in [0.25, 0.3) is 5.76 Å². The summed E-state index contributed by atoms with van der Waals surface area (Å²) in [7, 11) is 0. The van der Waals surface area contributed by atoms with E-state index in [4.69, 9.17) is 4.74 Å². The fraction of sp³-hybridized carbons (Fsp3) is 0.150. The van der Waals surface area contributed by atoms with Gasteiger partial charge in [0.1, 0.15) is 11.2 Å². The highest BCUT2D eigenvalue weighted by Crippen LogP contribution is 2.47. The van der Waals surface area contributed by atoms with Crippen LogP contribution in [0.4, 0.5) is 13.2 Å². The summed E-state index contributed by atoms with van der Waals surface area (Å²) in [5, 5.41) is 0. The van der Waals surface area contributed by atoms with Crippen molar-refractivity contribution in [1.29, 1.82) is 0 Å². The minimum atomic E-state index is -4.78. The van der Waals surface area contributed by atoms with E-state index in [1.807, 2.05) is 0 Å². The Morgan fingerprint density at radius 1 is 0.750 bits per heavy atom. The lowest BCUT2D eigenvalue weighted by Gasteiger charge is -2.33. The first-order valence-corrected chi connectivity index (χ1v) is 8.08. The summed E-state index contributed by atoms with van der Waals surface area (Å²) in [6.45, 7) is 4.49. The number of alkyl halides is 3. The van der Waals surface area contributed by atoms with Gasteiger partial charge >= 0.3 is 24.1 Å². The Balaban J connectivity index is 1.93. The first-order chi connectivity index (χ1) is 13.0. The summed E-state index contributed by atoms with van der Waals surface area (Å²) < 4.78 is 51.9. The molecule has 0 amide bonds. The fourth-order valence-corrected chi connectivity index (χ4v) is 3.38. The average molecular weight is 388 g/mol. The standard InChI is InChI=1S/C20H11F3O5/c1-9-12-5-3-10(7-14(12)17(25)27-9)19(2,20(21,22)23)11-4-6-13-15(8-11)18(26)28-16(13)24/h3-8H,1H2,2H3. The van der Waals surface area contributed by atoms with Gasteiger partial charge in [0.05, 0.1) is 16.7 Å². The fourth-order valence-electron chi connectivity index (χ4n) is 3.38. The minimum absolute atomic E-state index is 0.0197. The van der Waals surface area contributed by atoms with Crippen molar-refractivity contribution in [2.75, 3.05) is 0 Å². The van der Waals surface area contributed by atoms with Crippen LogP contribution in [0.15, 0.2) is 43.0 Å². The molecule has 0 N–H and O–H groups in total. The van der Waals surface area contributed by atoms with Crippen LogP contribution in [-0.4, -0.2) is 24.1 Å². The number of carbonyl (C=O) groups is 3. The number of rotatable bonds is 2. The Morgan fingerprint density at radius 3 is 1.79 bits per heavy atom. The smallest absolute Gasteiger partial charge is 0.402 e. The van der Waals surface area contributed by atoms with Gasteiger partial charge in [-0.1, -0.05) is 24.8 Å². The Morgan fingerprint density at radius 2 is 1.21 bits per heavy atom. The van der Waals surface area contributed by atoms with E-state index in [1.54, 1.807) is 0 Å². The van der Waals surface area contributed by atoms with Crippen LogP contribution in [0, 0.1) is 0 Å². The summed E-state index contributed by atoms with van der Waals surface area (Å²) in [6.07, 6.45) is -4.78. The lowest BCUT2D eigenvalue weighted by molar-refractivity contribution is -0.173. The molecule has 0 spiro atoms. The molecule has 0 saturated carbocycles. The molecular weight excluding hydrogens is 377 g/mol. The molecule has 1 unspecified atom stereocenters. The molecule has 28 heavy (non-hydrogen) atoms. The number of hydrogen-bond acceptors (Lipinski definition) is 5. The van der Waals surface area contributed by atoms with E-state index in [0.29, 0.717) is 5.56 Å².